The molecule has 0 aromatic rings. The maximum absolute atomic E-state index is 13.9. The number of sulfonamides is 1. The first-order valence-electron chi connectivity index (χ1n) is 7.58. The van der Waals surface area contributed by atoms with Gasteiger partial charge in [0.05, 0.1) is 6.61 Å². The molecule has 0 bridgehead atoms. The van der Waals surface area contributed by atoms with Crippen LogP contribution in [-0.4, -0.2) is 72.6 Å². The number of alkyl halides is 13. The molecule has 182 valence electrons. The zero-order valence-electron chi connectivity index (χ0n) is 14.6. The Kier molecular flexibility index (Phi) is 8.18. The van der Waals surface area contributed by atoms with Crippen LogP contribution in [0.3, 0.4) is 0 Å². The number of halogens is 13. The zero-order chi connectivity index (χ0) is 24.6. The van der Waals surface area contributed by atoms with E-state index in [9.17, 15) is 65.5 Å². The second-order valence-corrected chi connectivity index (χ2v) is 7.77. The average Bonchev–Trinajstić information content (AvgIpc) is 2.56. The summed E-state index contributed by atoms with van der Waals surface area (Å²) in [5.74, 6) is -32.3. The van der Waals surface area contributed by atoms with Crippen LogP contribution in [0.4, 0.5) is 57.1 Å². The van der Waals surface area contributed by atoms with Gasteiger partial charge >= 0.3 is 35.1 Å². The summed E-state index contributed by atoms with van der Waals surface area (Å²) in [6.45, 7) is -2.58. The molecule has 30 heavy (non-hydrogen) atoms. The van der Waals surface area contributed by atoms with Crippen molar-refractivity contribution < 1.29 is 70.6 Å². The van der Waals surface area contributed by atoms with Crippen LogP contribution in [0.15, 0.2) is 0 Å². The van der Waals surface area contributed by atoms with E-state index in [2.05, 4.69) is 0 Å². The van der Waals surface area contributed by atoms with Crippen molar-refractivity contribution in [3.05, 3.63) is 0 Å². The number of aliphatic hydroxyl groups excluding tert-OH is 1. The lowest BCUT2D eigenvalue weighted by Gasteiger charge is -2.40. The molecule has 0 fully saturated rings. The summed E-state index contributed by atoms with van der Waals surface area (Å²) in [4.78, 5) is 0. The number of hydrogen-bond donors (Lipinski definition) is 1. The van der Waals surface area contributed by atoms with Gasteiger partial charge in [-0.25, -0.2) is 8.42 Å². The molecule has 4 nitrogen and oxygen atoms in total. The van der Waals surface area contributed by atoms with E-state index in [1.54, 1.807) is 0 Å². The number of unbranched alkanes of at least 4 members (excludes halogenated alkanes) is 1. The minimum absolute atomic E-state index is 0.00848. The van der Waals surface area contributed by atoms with Crippen molar-refractivity contribution >= 4 is 10.0 Å². The van der Waals surface area contributed by atoms with Gasteiger partial charge in [0.15, 0.2) is 0 Å². The highest BCUT2D eigenvalue weighted by Crippen LogP contribution is 2.61. The Morgan fingerprint density at radius 1 is 0.700 bits per heavy atom. The Morgan fingerprint density at radius 2 is 1.10 bits per heavy atom. The van der Waals surface area contributed by atoms with Crippen molar-refractivity contribution in [2.75, 3.05) is 19.7 Å². The molecule has 0 saturated carbocycles. The molecule has 0 amide bonds. The van der Waals surface area contributed by atoms with Crippen LogP contribution in [0.1, 0.15) is 19.8 Å². The maximum atomic E-state index is 13.9. The molecule has 0 radical (unpaired) electrons. The highest BCUT2D eigenvalue weighted by molar-refractivity contribution is 7.90. The third kappa shape index (κ3) is 4.18. The predicted octanol–water partition coefficient (Wildman–Crippen LogP) is 4.11. The molecule has 0 saturated heterocycles. The monoisotopic (exact) mass is 499 g/mol. The lowest BCUT2D eigenvalue weighted by Crippen LogP contribution is -2.72. The maximum Gasteiger partial charge on any atom is 0.460 e. The average molecular weight is 499 g/mol. The van der Waals surface area contributed by atoms with Gasteiger partial charge in [0.2, 0.25) is 0 Å². The first kappa shape index (κ1) is 29.0. The van der Waals surface area contributed by atoms with E-state index < -0.39 is 69.1 Å². The standard InChI is InChI=1S/C12H14F13NO3S/c1-2-3-4-26(5-6-27)30(28,29)12(24,25)10(19,20)8(15,16)7(13,14)9(17,18)11(21,22)23/h27H,2-6H2,1H3. The molecule has 0 unspecified atom stereocenters. The largest absolute Gasteiger partial charge is 0.460 e. The smallest absolute Gasteiger partial charge is 0.395 e. The predicted molar refractivity (Wildman–Crippen MR) is 73.3 cm³/mol. The molecular weight excluding hydrogens is 485 g/mol. The summed E-state index contributed by atoms with van der Waals surface area (Å²) in [5.41, 5.74) is 0. The molecule has 1 N–H and O–H groups in total. The van der Waals surface area contributed by atoms with Gasteiger partial charge in [-0.15, -0.1) is 0 Å². The zero-order valence-corrected chi connectivity index (χ0v) is 15.4. The summed E-state index contributed by atoms with van der Waals surface area (Å²) in [5, 5.41) is 1.34. The van der Waals surface area contributed by atoms with Crippen molar-refractivity contribution in [2.24, 2.45) is 0 Å². The van der Waals surface area contributed by atoms with Gasteiger partial charge in [-0.3, -0.25) is 0 Å². The van der Waals surface area contributed by atoms with E-state index in [4.69, 9.17) is 5.11 Å². The Hall–Kier alpha value is -1.04. The number of hydrogen-bond acceptors (Lipinski definition) is 3. The summed E-state index contributed by atoms with van der Waals surface area (Å²) in [7, 11) is -7.07. The minimum atomic E-state index is -8.20. The van der Waals surface area contributed by atoms with E-state index in [-0.39, 0.29) is 12.8 Å². The van der Waals surface area contributed by atoms with Crippen molar-refractivity contribution in [1.82, 2.24) is 4.31 Å². The van der Waals surface area contributed by atoms with Crippen LogP contribution in [0, 0.1) is 0 Å². The van der Waals surface area contributed by atoms with Gasteiger partial charge in [-0.05, 0) is 6.42 Å². The fraction of sp³-hybridized carbons (Fsp3) is 1.00. The highest BCUT2D eigenvalue weighted by Gasteiger charge is 2.92. The first-order valence-corrected chi connectivity index (χ1v) is 9.02. The summed E-state index contributed by atoms with van der Waals surface area (Å²) in [6, 6.07) is 0. The van der Waals surface area contributed by atoms with E-state index in [0.29, 0.717) is 0 Å². The second kappa shape index (κ2) is 8.48. The van der Waals surface area contributed by atoms with Crippen LogP contribution in [-0.2, 0) is 10.0 Å². The Balaban J connectivity index is 6.60. The van der Waals surface area contributed by atoms with Crippen LogP contribution in [0.5, 0.6) is 0 Å². The fourth-order valence-electron chi connectivity index (χ4n) is 1.88. The molecular formula is C12H14F13NO3S. The van der Waals surface area contributed by atoms with E-state index in [0.717, 1.165) is 0 Å². The van der Waals surface area contributed by atoms with Crippen LogP contribution < -0.4 is 0 Å². The van der Waals surface area contributed by atoms with Crippen LogP contribution in [0.25, 0.3) is 0 Å². The molecule has 0 aliphatic rings. The normalized spacial score (nSPS) is 15.7. The lowest BCUT2D eigenvalue weighted by atomic mass is 9.98. The fourth-order valence-corrected chi connectivity index (χ4v) is 3.35. The van der Waals surface area contributed by atoms with E-state index >= 15 is 0 Å². The Labute approximate surface area is 160 Å². The molecule has 0 heterocycles. The van der Waals surface area contributed by atoms with E-state index in [1.807, 2.05) is 0 Å². The van der Waals surface area contributed by atoms with Gasteiger partial charge in [0.25, 0.3) is 10.0 Å². The third-order valence-corrected chi connectivity index (χ3v) is 5.63. The molecule has 0 aromatic heterocycles. The molecule has 0 spiro atoms. The summed E-state index contributed by atoms with van der Waals surface area (Å²) >= 11 is 0. The van der Waals surface area contributed by atoms with Crippen molar-refractivity contribution in [3.8, 4) is 0 Å². The van der Waals surface area contributed by atoms with Crippen LogP contribution in [0.2, 0.25) is 0 Å². The first-order chi connectivity index (χ1) is 13.0. The summed E-state index contributed by atoms with van der Waals surface area (Å²) < 4.78 is 192. The number of rotatable bonds is 11. The number of nitrogens with zero attached hydrogens (tertiary/aromatic N) is 1. The lowest BCUT2D eigenvalue weighted by molar-refractivity contribution is -0.433. The molecule has 0 rings (SSSR count). The Morgan fingerprint density at radius 3 is 1.43 bits per heavy atom. The molecule has 0 aliphatic carbocycles. The molecule has 0 aromatic carbocycles. The van der Waals surface area contributed by atoms with E-state index in [1.165, 1.54) is 6.92 Å². The van der Waals surface area contributed by atoms with Gasteiger partial charge in [-0.1, -0.05) is 13.3 Å². The van der Waals surface area contributed by atoms with Gasteiger partial charge < -0.3 is 5.11 Å². The van der Waals surface area contributed by atoms with Crippen molar-refractivity contribution in [2.45, 2.75) is 54.9 Å². The van der Waals surface area contributed by atoms with Crippen LogP contribution >= 0.6 is 0 Å². The summed E-state index contributed by atoms with van der Waals surface area (Å²) in [6.07, 6.45) is -7.99. The second-order valence-electron chi connectivity index (χ2n) is 5.79. The third-order valence-electron chi connectivity index (χ3n) is 3.68. The van der Waals surface area contributed by atoms with Gasteiger partial charge in [0, 0.05) is 13.1 Å². The minimum Gasteiger partial charge on any atom is -0.395 e. The highest BCUT2D eigenvalue weighted by atomic mass is 32.2. The van der Waals surface area contributed by atoms with Gasteiger partial charge in [0.1, 0.15) is 0 Å². The van der Waals surface area contributed by atoms with Gasteiger partial charge in [-0.2, -0.15) is 61.4 Å². The van der Waals surface area contributed by atoms with Crippen molar-refractivity contribution in [1.29, 1.82) is 0 Å². The Bertz CT molecular complexity index is 690. The number of aliphatic hydroxyl groups is 1. The quantitative estimate of drug-likeness (QED) is 0.436. The SMILES string of the molecule is CCCCN(CCO)S(=O)(=O)C(F)(F)C(F)(F)C(F)(F)C(F)(F)C(F)(F)C(F)(F)F. The molecule has 0 atom stereocenters. The molecule has 0 aliphatic heterocycles. The molecule has 18 heteroatoms. The topological polar surface area (TPSA) is 57.6 Å². The van der Waals surface area contributed by atoms with Crippen molar-refractivity contribution in [3.63, 3.8) is 0 Å².